The Hall–Kier alpha value is -1.79. The molecule has 114 valence electrons. The van der Waals surface area contributed by atoms with E-state index in [9.17, 15) is 14.4 Å². The summed E-state index contributed by atoms with van der Waals surface area (Å²) in [6, 6.07) is -1.16. The van der Waals surface area contributed by atoms with E-state index in [2.05, 4.69) is 0 Å². The Morgan fingerprint density at radius 2 is 1.85 bits per heavy atom. The second-order valence-corrected chi connectivity index (χ2v) is 4.89. The lowest BCUT2D eigenvalue weighted by Crippen LogP contribution is -2.49. The summed E-state index contributed by atoms with van der Waals surface area (Å²) in [6.45, 7) is 5.36. The van der Waals surface area contributed by atoms with Gasteiger partial charge in [-0.1, -0.05) is 0 Å². The highest BCUT2D eigenvalue weighted by atomic mass is 16.4. The number of likely N-dealkylation sites (tertiary alicyclic amines) is 1. The summed E-state index contributed by atoms with van der Waals surface area (Å²) in [6.07, 6.45) is 1.15. The Labute approximate surface area is 119 Å². The van der Waals surface area contributed by atoms with Crippen LogP contribution in [0, 0.1) is 0 Å². The summed E-state index contributed by atoms with van der Waals surface area (Å²) < 4.78 is 0. The molecule has 1 N–H and O–H groups in total. The number of nitrogens with zero attached hydrogens (tertiary/aromatic N) is 3. The van der Waals surface area contributed by atoms with Crippen molar-refractivity contribution in [2.45, 2.75) is 32.7 Å². The van der Waals surface area contributed by atoms with E-state index in [-0.39, 0.29) is 12.5 Å². The van der Waals surface area contributed by atoms with Gasteiger partial charge in [0.2, 0.25) is 5.91 Å². The number of carbonyl (C=O) groups is 3. The van der Waals surface area contributed by atoms with Crippen molar-refractivity contribution in [1.29, 1.82) is 0 Å². The molecule has 0 aromatic heterocycles. The maximum atomic E-state index is 12.2. The van der Waals surface area contributed by atoms with Crippen molar-refractivity contribution >= 4 is 17.9 Å². The molecule has 0 radical (unpaired) electrons. The van der Waals surface area contributed by atoms with Crippen molar-refractivity contribution in [2.75, 3.05) is 33.2 Å². The van der Waals surface area contributed by atoms with Gasteiger partial charge in [-0.15, -0.1) is 0 Å². The number of carboxylic acid groups (broad SMARTS) is 1. The van der Waals surface area contributed by atoms with Crippen LogP contribution in [0.15, 0.2) is 0 Å². The Morgan fingerprint density at radius 1 is 1.25 bits per heavy atom. The van der Waals surface area contributed by atoms with Gasteiger partial charge in [-0.2, -0.15) is 0 Å². The molecule has 0 aliphatic carbocycles. The third-order valence-electron chi connectivity index (χ3n) is 3.60. The van der Waals surface area contributed by atoms with Crippen molar-refractivity contribution < 1.29 is 19.5 Å². The predicted molar refractivity (Wildman–Crippen MR) is 73.3 cm³/mol. The first-order valence-corrected chi connectivity index (χ1v) is 6.94. The molecule has 1 fully saturated rings. The van der Waals surface area contributed by atoms with Crippen LogP contribution < -0.4 is 0 Å². The quantitative estimate of drug-likeness (QED) is 0.795. The number of urea groups is 1. The van der Waals surface area contributed by atoms with Crippen LogP contribution in [-0.2, 0) is 9.59 Å². The molecule has 1 aliphatic heterocycles. The average Bonchev–Trinajstić information content (AvgIpc) is 2.88. The predicted octanol–water partition coefficient (Wildman–Crippen LogP) is 0.456. The molecule has 1 saturated heterocycles. The van der Waals surface area contributed by atoms with Gasteiger partial charge in [0.1, 0.15) is 12.6 Å². The molecule has 20 heavy (non-hydrogen) atoms. The van der Waals surface area contributed by atoms with Gasteiger partial charge >= 0.3 is 12.0 Å². The van der Waals surface area contributed by atoms with Crippen molar-refractivity contribution in [2.24, 2.45) is 0 Å². The fraction of sp³-hybridized carbons (Fsp3) is 0.769. The monoisotopic (exact) mass is 285 g/mol. The minimum absolute atomic E-state index is 0.0245. The van der Waals surface area contributed by atoms with Gasteiger partial charge < -0.3 is 19.8 Å². The molecule has 1 rings (SSSR count). The maximum Gasteiger partial charge on any atom is 0.326 e. The van der Waals surface area contributed by atoms with Crippen molar-refractivity contribution in [3.63, 3.8) is 0 Å². The summed E-state index contributed by atoms with van der Waals surface area (Å²) in [4.78, 5) is 39.5. The van der Waals surface area contributed by atoms with Crippen LogP contribution in [0.5, 0.6) is 0 Å². The minimum Gasteiger partial charge on any atom is -0.480 e. The Morgan fingerprint density at radius 3 is 2.35 bits per heavy atom. The van der Waals surface area contributed by atoms with Gasteiger partial charge in [-0.3, -0.25) is 4.79 Å². The highest BCUT2D eigenvalue weighted by Crippen LogP contribution is 2.18. The van der Waals surface area contributed by atoms with E-state index in [4.69, 9.17) is 5.11 Å². The van der Waals surface area contributed by atoms with Gasteiger partial charge in [0.25, 0.3) is 0 Å². The molecule has 0 spiro atoms. The van der Waals surface area contributed by atoms with Crippen molar-refractivity contribution in [3.05, 3.63) is 0 Å². The zero-order valence-electron chi connectivity index (χ0n) is 12.3. The van der Waals surface area contributed by atoms with Crippen LogP contribution in [0.1, 0.15) is 26.7 Å². The number of hydrogen-bond donors (Lipinski definition) is 1. The lowest BCUT2D eigenvalue weighted by molar-refractivity contribution is -0.141. The van der Waals surface area contributed by atoms with Crippen LogP contribution in [-0.4, -0.2) is 77.0 Å². The number of amides is 3. The number of hydrogen-bond acceptors (Lipinski definition) is 3. The molecule has 7 heteroatoms. The Bertz CT molecular complexity index is 382. The van der Waals surface area contributed by atoms with Gasteiger partial charge in [0, 0.05) is 26.7 Å². The zero-order chi connectivity index (χ0) is 15.3. The van der Waals surface area contributed by atoms with Gasteiger partial charge in [-0.05, 0) is 26.7 Å². The molecule has 0 aromatic rings. The van der Waals surface area contributed by atoms with Crippen molar-refractivity contribution in [1.82, 2.24) is 14.7 Å². The first-order valence-electron chi connectivity index (χ1n) is 6.94. The third kappa shape index (κ3) is 3.61. The van der Waals surface area contributed by atoms with E-state index < -0.39 is 18.0 Å². The molecular weight excluding hydrogens is 262 g/mol. The summed E-state index contributed by atoms with van der Waals surface area (Å²) >= 11 is 0. The largest absolute Gasteiger partial charge is 0.480 e. The average molecular weight is 285 g/mol. The van der Waals surface area contributed by atoms with Gasteiger partial charge in [-0.25, -0.2) is 9.59 Å². The molecule has 0 aromatic carbocycles. The normalized spacial score (nSPS) is 17.9. The Balaban J connectivity index is 2.63. The number of rotatable bonds is 5. The zero-order valence-corrected chi connectivity index (χ0v) is 12.3. The van der Waals surface area contributed by atoms with Gasteiger partial charge in [0.15, 0.2) is 0 Å². The highest BCUT2D eigenvalue weighted by Gasteiger charge is 2.35. The van der Waals surface area contributed by atoms with Crippen LogP contribution >= 0.6 is 0 Å². The fourth-order valence-electron chi connectivity index (χ4n) is 2.42. The summed E-state index contributed by atoms with van der Waals surface area (Å²) in [7, 11) is 1.53. The molecule has 3 amide bonds. The number of carbonyl (C=O) groups excluding carboxylic acids is 2. The first kappa shape index (κ1) is 16.3. The third-order valence-corrected chi connectivity index (χ3v) is 3.60. The van der Waals surface area contributed by atoms with E-state index in [1.54, 1.807) is 4.90 Å². The first-order chi connectivity index (χ1) is 9.42. The number of likely N-dealkylation sites (N-methyl/N-ethyl adjacent to an activating group) is 2. The lowest BCUT2D eigenvalue weighted by atomic mass is 10.2. The van der Waals surface area contributed by atoms with Crippen molar-refractivity contribution in [3.8, 4) is 0 Å². The maximum absolute atomic E-state index is 12.2. The molecule has 1 atom stereocenters. The molecule has 1 heterocycles. The number of aliphatic carboxylic acids is 1. The molecule has 0 saturated carbocycles. The van der Waals surface area contributed by atoms with Crippen LogP contribution in [0.3, 0.4) is 0 Å². The second kappa shape index (κ2) is 7.12. The van der Waals surface area contributed by atoms with E-state index in [0.717, 1.165) is 0 Å². The van der Waals surface area contributed by atoms with E-state index in [1.165, 1.54) is 16.8 Å². The van der Waals surface area contributed by atoms with Crippen LogP contribution in [0.4, 0.5) is 4.79 Å². The standard InChI is InChI=1S/C13H23N3O4/c1-4-15(5-2)11(17)9-14(3)13(20)16-8-6-7-10(16)12(18)19/h10H,4-9H2,1-3H3,(H,18,19)/t10-/m1/s1. The van der Waals surface area contributed by atoms with Crippen LogP contribution in [0.25, 0.3) is 0 Å². The molecule has 7 nitrogen and oxygen atoms in total. The second-order valence-electron chi connectivity index (χ2n) is 4.89. The van der Waals surface area contributed by atoms with E-state index in [1.807, 2.05) is 13.8 Å². The fourth-order valence-corrected chi connectivity index (χ4v) is 2.42. The minimum atomic E-state index is -0.987. The molecule has 0 bridgehead atoms. The SMILES string of the molecule is CCN(CC)C(=O)CN(C)C(=O)N1CCC[C@@H]1C(=O)O. The summed E-state index contributed by atoms with van der Waals surface area (Å²) in [5.74, 6) is -1.11. The number of carboxylic acids is 1. The Kier molecular flexibility index (Phi) is 5.79. The molecule has 0 unspecified atom stereocenters. The molecular formula is C13H23N3O4. The van der Waals surface area contributed by atoms with E-state index >= 15 is 0 Å². The highest BCUT2D eigenvalue weighted by molar-refractivity contribution is 5.87. The lowest BCUT2D eigenvalue weighted by Gasteiger charge is -2.29. The molecule has 1 aliphatic rings. The summed E-state index contributed by atoms with van der Waals surface area (Å²) in [5.41, 5.74) is 0. The van der Waals surface area contributed by atoms with Gasteiger partial charge in [0.05, 0.1) is 0 Å². The van der Waals surface area contributed by atoms with Crippen LogP contribution in [0.2, 0.25) is 0 Å². The van der Waals surface area contributed by atoms with E-state index in [0.29, 0.717) is 32.5 Å². The topological polar surface area (TPSA) is 81.2 Å². The smallest absolute Gasteiger partial charge is 0.326 e. The summed E-state index contributed by atoms with van der Waals surface area (Å²) in [5, 5.41) is 9.07.